The number of hydrogen-bond acceptors (Lipinski definition) is 3. The lowest BCUT2D eigenvalue weighted by Crippen LogP contribution is -2.42. The fourth-order valence-electron chi connectivity index (χ4n) is 2.38. The van der Waals surface area contributed by atoms with Crippen LogP contribution in [-0.2, 0) is 9.59 Å². The van der Waals surface area contributed by atoms with Crippen molar-refractivity contribution < 1.29 is 14.7 Å². The molecule has 0 spiro atoms. The smallest absolute Gasteiger partial charge is 0.305 e. The number of amides is 1. The first kappa shape index (κ1) is 12.4. The van der Waals surface area contributed by atoms with Crippen molar-refractivity contribution in [1.82, 2.24) is 10.2 Å². The van der Waals surface area contributed by atoms with Crippen LogP contribution in [0, 0.1) is 5.92 Å². The zero-order valence-corrected chi connectivity index (χ0v) is 10.0. The Bertz CT molecular complexity index is 302. The minimum Gasteiger partial charge on any atom is -0.481 e. The summed E-state index contributed by atoms with van der Waals surface area (Å²) < 4.78 is 0. The summed E-state index contributed by atoms with van der Waals surface area (Å²) in [6, 6.07) is -0.0947. The standard InChI is InChI=1S/C12H20N2O3/c15-11(8-13-7-9-3-4-9)14-5-1-2-10(14)6-12(16)17/h9-10,13H,1-8H2,(H,16,17). The molecule has 0 aromatic heterocycles. The Labute approximate surface area is 101 Å². The van der Waals surface area contributed by atoms with Crippen molar-refractivity contribution in [3.63, 3.8) is 0 Å². The van der Waals surface area contributed by atoms with Crippen LogP contribution < -0.4 is 5.32 Å². The van der Waals surface area contributed by atoms with E-state index in [0.29, 0.717) is 13.1 Å². The molecule has 96 valence electrons. The molecule has 17 heavy (non-hydrogen) atoms. The van der Waals surface area contributed by atoms with Crippen LogP contribution in [0.1, 0.15) is 32.1 Å². The van der Waals surface area contributed by atoms with Gasteiger partial charge in [0.25, 0.3) is 0 Å². The molecule has 1 atom stereocenters. The number of carbonyl (C=O) groups is 2. The number of nitrogens with zero attached hydrogens (tertiary/aromatic N) is 1. The van der Waals surface area contributed by atoms with Gasteiger partial charge in [-0.3, -0.25) is 9.59 Å². The highest BCUT2D eigenvalue weighted by Gasteiger charge is 2.30. The van der Waals surface area contributed by atoms with Crippen LogP contribution in [-0.4, -0.2) is 47.6 Å². The minimum absolute atomic E-state index is 0.0504. The molecular formula is C12H20N2O3. The third-order valence-electron chi connectivity index (χ3n) is 3.51. The normalized spacial score (nSPS) is 24.0. The van der Waals surface area contributed by atoms with Gasteiger partial charge < -0.3 is 15.3 Å². The second-order valence-electron chi connectivity index (χ2n) is 5.06. The highest BCUT2D eigenvalue weighted by Crippen LogP contribution is 2.27. The van der Waals surface area contributed by atoms with Crippen LogP contribution in [0.3, 0.4) is 0 Å². The Morgan fingerprint density at radius 3 is 2.71 bits per heavy atom. The Hall–Kier alpha value is -1.10. The fraction of sp³-hybridized carbons (Fsp3) is 0.833. The molecule has 2 fully saturated rings. The van der Waals surface area contributed by atoms with Gasteiger partial charge in [0.05, 0.1) is 13.0 Å². The Morgan fingerprint density at radius 1 is 1.29 bits per heavy atom. The van der Waals surface area contributed by atoms with Crippen LogP contribution in [0.2, 0.25) is 0 Å². The van der Waals surface area contributed by atoms with Gasteiger partial charge in [-0.2, -0.15) is 0 Å². The van der Waals surface area contributed by atoms with E-state index in [1.54, 1.807) is 4.90 Å². The van der Waals surface area contributed by atoms with Crippen molar-refractivity contribution in [2.45, 2.75) is 38.1 Å². The van der Waals surface area contributed by atoms with Crippen molar-refractivity contribution in [2.75, 3.05) is 19.6 Å². The van der Waals surface area contributed by atoms with E-state index in [1.165, 1.54) is 12.8 Å². The highest BCUT2D eigenvalue weighted by atomic mass is 16.4. The molecule has 2 N–H and O–H groups in total. The maximum absolute atomic E-state index is 11.9. The third-order valence-corrected chi connectivity index (χ3v) is 3.51. The average Bonchev–Trinajstić information content (AvgIpc) is 2.97. The summed E-state index contributed by atoms with van der Waals surface area (Å²) in [6.07, 6.45) is 4.36. The summed E-state index contributed by atoms with van der Waals surface area (Å²) in [4.78, 5) is 24.3. The van der Waals surface area contributed by atoms with Gasteiger partial charge in [-0.05, 0) is 38.1 Å². The first-order chi connectivity index (χ1) is 8.16. The van der Waals surface area contributed by atoms with Crippen LogP contribution in [0.4, 0.5) is 0 Å². The molecule has 1 heterocycles. The molecule has 1 amide bonds. The van der Waals surface area contributed by atoms with E-state index in [9.17, 15) is 9.59 Å². The van der Waals surface area contributed by atoms with Gasteiger partial charge in [-0.1, -0.05) is 0 Å². The number of nitrogens with one attached hydrogen (secondary N) is 1. The fourth-order valence-corrected chi connectivity index (χ4v) is 2.38. The van der Waals surface area contributed by atoms with Crippen molar-refractivity contribution in [3.05, 3.63) is 0 Å². The zero-order chi connectivity index (χ0) is 12.3. The van der Waals surface area contributed by atoms with Crippen LogP contribution in [0.25, 0.3) is 0 Å². The van der Waals surface area contributed by atoms with E-state index in [2.05, 4.69) is 5.32 Å². The van der Waals surface area contributed by atoms with Crippen molar-refractivity contribution in [2.24, 2.45) is 5.92 Å². The molecular weight excluding hydrogens is 220 g/mol. The SMILES string of the molecule is O=C(O)CC1CCCN1C(=O)CNCC1CC1. The monoisotopic (exact) mass is 240 g/mol. The van der Waals surface area contributed by atoms with Gasteiger partial charge >= 0.3 is 5.97 Å². The minimum atomic E-state index is -0.819. The van der Waals surface area contributed by atoms with E-state index < -0.39 is 5.97 Å². The van der Waals surface area contributed by atoms with E-state index in [0.717, 1.165) is 25.3 Å². The van der Waals surface area contributed by atoms with Gasteiger partial charge in [-0.15, -0.1) is 0 Å². The van der Waals surface area contributed by atoms with Gasteiger partial charge in [-0.25, -0.2) is 0 Å². The van der Waals surface area contributed by atoms with Crippen molar-refractivity contribution in [1.29, 1.82) is 0 Å². The largest absolute Gasteiger partial charge is 0.481 e. The number of likely N-dealkylation sites (tertiary alicyclic amines) is 1. The van der Waals surface area contributed by atoms with Gasteiger partial charge in [0, 0.05) is 12.6 Å². The molecule has 1 aliphatic carbocycles. The maximum Gasteiger partial charge on any atom is 0.305 e. The lowest BCUT2D eigenvalue weighted by Gasteiger charge is -2.23. The molecule has 5 nitrogen and oxygen atoms in total. The first-order valence-corrected chi connectivity index (χ1v) is 6.39. The molecule has 1 saturated heterocycles. The Balaban J connectivity index is 1.73. The Kier molecular flexibility index (Phi) is 3.99. The lowest BCUT2D eigenvalue weighted by molar-refractivity contribution is -0.139. The molecule has 0 radical (unpaired) electrons. The second-order valence-corrected chi connectivity index (χ2v) is 5.06. The van der Waals surface area contributed by atoms with Crippen LogP contribution >= 0.6 is 0 Å². The number of hydrogen-bond donors (Lipinski definition) is 2. The number of carboxylic acid groups (broad SMARTS) is 1. The predicted molar refractivity (Wildman–Crippen MR) is 62.6 cm³/mol. The lowest BCUT2D eigenvalue weighted by atomic mass is 10.1. The van der Waals surface area contributed by atoms with Gasteiger partial charge in [0.1, 0.15) is 0 Å². The Morgan fingerprint density at radius 2 is 2.06 bits per heavy atom. The summed E-state index contributed by atoms with van der Waals surface area (Å²) in [5.74, 6) is -0.00812. The van der Waals surface area contributed by atoms with E-state index >= 15 is 0 Å². The van der Waals surface area contributed by atoms with Crippen molar-refractivity contribution >= 4 is 11.9 Å². The first-order valence-electron chi connectivity index (χ1n) is 6.39. The van der Waals surface area contributed by atoms with E-state index in [1.807, 2.05) is 0 Å². The molecule has 1 unspecified atom stereocenters. The molecule has 0 aromatic rings. The second kappa shape index (κ2) is 5.49. The predicted octanol–water partition coefficient (Wildman–Crippen LogP) is 0.452. The third kappa shape index (κ3) is 3.70. The van der Waals surface area contributed by atoms with Gasteiger partial charge in [0.2, 0.25) is 5.91 Å². The summed E-state index contributed by atoms with van der Waals surface area (Å²) in [6.45, 7) is 1.98. The number of rotatable bonds is 6. The van der Waals surface area contributed by atoms with Crippen molar-refractivity contribution in [3.8, 4) is 0 Å². The summed E-state index contributed by atoms with van der Waals surface area (Å²) >= 11 is 0. The summed E-state index contributed by atoms with van der Waals surface area (Å²) in [5.41, 5.74) is 0. The zero-order valence-electron chi connectivity index (χ0n) is 10.0. The molecule has 2 aliphatic rings. The molecule has 0 aromatic carbocycles. The summed E-state index contributed by atoms with van der Waals surface area (Å²) in [5, 5.41) is 11.9. The number of carboxylic acids is 1. The van der Waals surface area contributed by atoms with E-state index in [-0.39, 0.29) is 18.4 Å². The molecule has 1 saturated carbocycles. The molecule has 2 rings (SSSR count). The number of carbonyl (C=O) groups excluding carboxylic acids is 1. The molecule has 1 aliphatic heterocycles. The average molecular weight is 240 g/mol. The maximum atomic E-state index is 11.9. The van der Waals surface area contributed by atoms with E-state index in [4.69, 9.17) is 5.11 Å². The topological polar surface area (TPSA) is 69.6 Å². The quantitative estimate of drug-likeness (QED) is 0.707. The molecule has 5 heteroatoms. The molecule has 0 bridgehead atoms. The summed E-state index contributed by atoms with van der Waals surface area (Å²) in [7, 11) is 0. The van der Waals surface area contributed by atoms with Crippen LogP contribution in [0.5, 0.6) is 0 Å². The number of aliphatic carboxylic acids is 1. The van der Waals surface area contributed by atoms with Gasteiger partial charge in [0.15, 0.2) is 0 Å². The van der Waals surface area contributed by atoms with Crippen LogP contribution in [0.15, 0.2) is 0 Å². The highest BCUT2D eigenvalue weighted by molar-refractivity contribution is 5.79.